The fourth-order valence-corrected chi connectivity index (χ4v) is 2.70. The van der Waals surface area contributed by atoms with Gasteiger partial charge in [-0.25, -0.2) is 4.79 Å². The van der Waals surface area contributed by atoms with Crippen molar-refractivity contribution in [3.05, 3.63) is 0 Å². The van der Waals surface area contributed by atoms with E-state index < -0.39 is 0 Å². The summed E-state index contributed by atoms with van der Waals surface area (Å²) in [6.45, 7) is 5.90. The second kappa shape index (κ2) is 5.53. The zero-order chi connectivity index (χ0) is 11.4. The summed E-state index contributed by atoms with van der Waals surface area (Å²) in [5.74, 6) is 0.805. The zero-order valence-electron chi connectivity index (χ0n) is 10.2. The Morgan fingerprint density at radius 1 is 1.50 bits per heavy atom. The standard InChI is InChI=1S/C12H23N3O/c1-2-3-6-14-12(16)15-8-5-10-4-7-13-11(10)9-15/h10-11,13H,2-9H2,1H3,(H,14,16)/t10-,11+/m1/s1. The van der Waals surface area contributed by atoms with Crippen LogP contribution in [0.1, 0.15) is 32.6 Å². The maximum Gasteiger partial charge on any atom is 0.317 e. The minimum absolute atomic E-state index is 0.126. The van der Waals surface area contributed by atoms with Crippen LogP contribution in [0.3, 0.4) is 0 Å². The van der Waals surface area contributed by atoms with E-state index >= 15 is 0 Å². The maximum absolute atomic E-state index is 11.8. The summed E-state index contributed by atoms with van der Waals surface area (Å²) in [5.41, 5.74) is 0. The Morgan fingerprint density at radius 3 is 3.19 bits per heavy atom. The molecule has 2 atom stereocenters. The highest BCUT2D eigenvalue weighted by molar-refractivity contribution is 5.74. The van der Waals surface area contributed by atoms with E-state index in [1.165, 1.54) is 12.8 Å². The SMILES string of the molecule is CCCCNC(=O)N1CC[C@H]2CCN[C@H]2C1. The Hall–Kier alpha value is -0.770. The van der Waals surface area contributed by atoms with Crippen LogP contribution in [0.4, 0.5) is 4.79 Å². The topological polar surface area (TPSA) is 44.4 Å². The van der Waals surface area contributed by atoms with Crippen LogP contribution < -0.4 is 10.6 Å². The van der Waals surface area contributed by atoms with E-state index in [4.69, 9.17) is 0 Å². The van der Waals surface area contributed by atoms with Crippen molar-refractivity contribution in [3.8, 4) is 0 Å². The summed E-state index contributed by atoms with van der Waals surface area (Å²) in [4.78, 5) is 13.8. The fraction of sp³-hybridized carbons (Fsp3) is 0.917. The second-order valence-electron chi connectivity index (χ2n) is 4.93. The zero-order valence-corrected chi connectivity index (χ0v) is 10.2. The predicted molar refractivity (Wildman–Crippen MR) is 64.4 cm³/mol. The van der Waals surface area contributed by atoms with E-state index in [1.54, 1.807) is 0 Å². The first-order valence-electron chi connectivity index (χ1n) is 6.57. The average molecular weight is 225 g/mol. The van der Waals surface area contributed by atoms with Crippen LogP contribution in [0.5, 0.6) is 0 Å². The Morgan fingerprint density at radius 2 is 2.38 bits per heavy atom. The molecule has 2 saturated heterocycles. The summed E-state index contributed by atoms with van der Waals surface area (Å²) >= 11 is 0. The third-order valence-electron chi connectivity index (χ3n) is 3.77. The third kappa shape index (κ3) is 2.67. The van der Waals surface area contributed by atoms with Crippen LogP contribution in [0.25, 0.3) is 0 Å². The molecule has 0 saturated carbocycles. The predicted octanol–water partition coefficient (Wildman–Crippen LogP) is 1.18. The average Bonchev–Trinajstić information content (AvgIpc) is 2.76. The van der Waals surface area contributed by atoms with E-state index in [-0.39, 0.29) is 6.03 Å². The Labute approximate surface area is 97.8 Å². The smallest absolute Gasteiger partial charge is 0.317 e. The number of hydrogen-bond acceptors (Lipinski definition) is 2. The molecular formula is C12H23N3O. The molecule has 0 radical (unpaired) electrons. The summed E-state index contributed by atoms with van der Waals surface area (Å²) in [5, 5.41) is 6.48. The number of carbonyl (C=O) groups is 1. The van der Waals surface area contributed by atoms with Gasteiger partial charge in [-0.2, -0.15) is 0 Å². The number of likely N-dealkylation sites (tertiary alicyclic amines) is 1. The number of hydrogen-bond donors (Lipinski definition) is 2. The molecule has 2 fully saturated rings. The number of piperidine rings is 1. The van der Waals surface area contributed by atoms with E-state index in [9.17, 15) is 4.79 Å². The van der Waals surface area contributed by atoms with Gasteiger partial charge in [-0.15, -0.1) is 0 Å². The third-order valence-corrected chi connectivity index (χ3v) is 3.77. The normalized spacial score (nSPS) is 28.9. The molecule has 92 valence electrons. The minimum Gasteiger partial charge on any atom is -0.338 e. The lowest BCUT2D eigenvalue weighted by Crippen LogP contribution is -2.51. The van der Waals surface area contributed by atoms with Gasteiger partial charge >= 0.3 is 6.03 Å². The van der Waals surface area contributed by atoms with Crippen molar-refractivity contribution in [1.29, 1.82) is 0 Å². The van der Waals surface area contributed by atoms with Gasteiger partial charge in [-0.3, -0.25) is 0 Å². The van der Waals surface area contributed by atoms with Crippen LogP contribution >= 0.6 is 0 Å². The largest absolute Gasteiger partial charge is 0.338 e. The summed E-state index contributed by atoms with van der Waals surface area (Å²) in [6, 6.07) is 0.672. The number of nitrogens with zero attached hydrogens (tertiary/aromatic N) is 1. The fourth-order valence-electron chi connectivity index (χ4n) is 2.70. The summed E-state index contributed by atoms with van der Waals surface area (Å²) in [7, 11) is 0. The number of amides is 2. The molecular weight excluding hydrogens is 202 g/mol. The maximum atomic E-state index is 11.8. The van der Waals surface area contributed by atoms with E-state index in [0.29, 0.717) is 6.04 Å². The number of rotatable bonds is 3. The van der Waals surface area contributed by atoms with Crippen molar-refractivity contribution in [3.63, 3.8) is 0 Å². The van der Waals surface area contributed by atoms with Gasteiger partial charge in [0.05, 0.1) is 0 Å². The molecule has 0 spiro atoms. The van der Waals surface area contributed by atoms with Gasteiger partial charge in [-0.05, 0) is 31.7 Å². The van der Waals surface area contributed by atoms with Gasteiger partial charge in [0.1, 0.15) is 0 Å². The molecule has 2 aliphatic rings. The highest BCUT2D eigenvalue weighted by Gasteiger charge is 2.34. The van der Waals surface area contributed by atoms with Gasteiger partial charge in [0, 0.05) is 25.7 Å². The summed E-state index contributed by atoms with van der Waals surface area (Å²) in [6.07, 6.45) is 4.66. The Bertz CT molecular complexity index is 244. The van der Waals surface area contributed by atoms with Gasteiger partial charge in [0.15, 0.2) is 0 Å². The monoisotopic (exact) mass is 225 g/mol. The number of fused-ring (bicyclic) bond motifs is 1. The molecule has 4 nitrogen and oxygen atoms in total. The minimum atomic E-state index is 0.126. The van der Waals surface area contributed by atoms with Crippen molar-refractivity contribution in [2.24, 2.45) is 5.92 Å². The van der Waals surface area contributed by atoms with Crippen LogP contribution in [0.2, 0.25) is 0 Å². The van der Waals surface area contributed by atoms with Crippen LogP contribution in [0, 0.1) is 5.92 Å². The molecule has 2 amide bonds. The van der Waals surface area contributed by atoms with Crippen LogP contribution in [-0.4, -0.2) is 43.2 Å². The first-order chi connectivity index (χ1) is 7.81. The van der Waals surface area contributed by atoms with Crippen molar-refractivity contribution < 1.29 is 4.79 Å². The lowest BCUT2D eigenvalue weighted by Gasteiger charge is -2.34. The number of carbonyl (C=O) groups excluding carboxylic acids is 1. The van der Waals surface area contributed by atoms with E-state index in [1.807, 2.05) is 4.90 Å². The van der Waals surface area contributed by atoms with Gasteiger partial charge < -0.3 is 15.5 Å². The van der Waals surface area contributed by atoms with Crippen LogP contribution in [-0.2, 0) is 0 Å². The van der Waals surface area contributed by atoms with Crippen LogP contribution in [0.15, 0.2) is 0 Å². The van der Waals surface area contributed by atoms with Crippen molar-refractivity contribution in [2.75, 3.05) is 26.2 Å². The number of unbranched alkanes of at least 4 members (excludes halogenated alkanes) is 1. The first-order valence-corrected chi connectivity index (χ1v) is 6.57. The molecule has 2 aliphatic heterocycles. The molecule has 2 N–H and O–H groups in total. The molecule has 0 aromatic heterocycles. The highest BCUT2D eigenvalue weighted by atomic mass is 16.2. The lowest BCUT2D eigenvalue weighted by molar-refractivity contribution is 0.161. The molecule has 2 heterocycles. The van der Waals surface area contributed by atoms with Gasteiger partial charge in [-0.1, -0.05) is 13.3 Å². The van der Waals surface area contributed by atoms with Gasteiger partial charge in [0.25, 0.3) is 0 Å². The number of urea groups is 1. The van der Waals surface area contributed by atoms with Crippen molar-refractivity contribution in [2.45, 2.75) is 38.6 Å². The molecule has 16 heavy (non-hydrogen) atoms. The molecule has 0 bridgehead atoms. The first kappa shape index (κ1) is 11.7. The van der Waals surface area contributed by atoms with Crippen molar-refractivity contribution >= 4 is 6.03 Å². The molecule has 0 unspecified atom stereocenters. The van der Waals surface area contributed by atoms with Gasteiger partial charge in [0.2, 0.25) is 0 Å². The number of nitrogens with one attached hydrogen (secondary N) is 2. The van der Waals surface area contributed by atoms with E-state index in [2.05, 4.69) is 17.6 Å². The Balaban J connectivity index is 1.75. The molecule has 4 heteroatoms. The highest BCUT2D eigenvalue weighted by Crippen LogP contribution is 2.24. The Kier molecular flexibility index (Phi) is 4.04. The molecule has 2 rings (SSSR count). The van der Waals surface area contributed by atoms with E-state index in [0.717, 1.165) is 44.9 Å². The summed E-state index contributed by atoms with van der Waals surface area (Å²) < 4.78 is 0. The molecule has 0 aliphatic carbocycles. The quantitative estimate of drug-likeness (QED) is 0.708. The second-order valence-corrected chi connectivity index (χ2v) is 4.93. The lowest BCUT2D eigenvalue weighted by atomic mass is 9.93. The molecule has 0 aromatic carbocycles. The van der Waals surface area contributed by atoms with Crippen molar-refractivity contribution in [1.82, 2.24) is 15.5 Å². The molecule has 0 aromatic rings.